The number of hydrogen-bond acceptors (Lipinski definition) is 2. The maximum absolute atomic E-state index is 5.96. The summed E-state index contributed by atoms with van der Waals surface area (Å²) in [5, 5.41) is 4.75. The molecule has 0 aliphatic carbocycles. The van der Waals surface area contributed by atoms with E-state index in [2.05, 4.69) is 38.1 Å². The van der Waals surface area contributed by atoms with Gasteiger partial charge in [0.25, 0.3) is 0 Å². The molecule has 0 bridgehead atoms. The summed E-state index contributed by atoms with van der Waals surface area (Å²) in [6.45, 7) is 1.75. The predicted octanol–water partition coefficient (Wildman–Crippen LogP) is 4.34. The van der Waals surface area contributed by atoms with E-state index in [1.54, 1.807) is 0 Å². The smallest absolute Gasteiger partial charge is 0.174 e. The molecule has 0 saturated carbocycles. The standard InChI is InChI=1S/C19H17ClN4S/c20-15-3-5-16(6-4-15)22-19(25)24-13-12-23-11-1-2-17(23)18(24)14-7-9-21-10-8-14/h1-11,18H,12-13H2,(H,22,25). The Morgan fingerprint density at radius 1 is 1.08 bits per heavy atom. The third-order valence-corrected chi connectivity index (χ3v) is 5.01. The van der Waals surface area contributed by atoms with Gasteiger partial charge in [0, 0.05) is 48.1 Å². The third-order valence-electron chi connectivity index (χ3n) is 4.42. The topological polar surface area (TPSA) is 33.1 Å². The number of nitrogens with zero attached hydrogens (tertiary/aromatic N) is 3. The van der Waals surface area contributed by atoms with E-state index in [-0.39, 0.29) is 6.04 Å². The van der Waals surface area contributed by atoms with Gasteiger partial charge in [0.15, 0.2) is 5.11 Å². The fraction of sp³-hybridized carbons (Fsp3) is 0.158. The van der Waals surface area contributed by atoms with Crippen LogP contribution in [0.5, 0.6) is 0 Å². The molecule has 1 atom stereocenters. The van der Waals surface area contributed by atoms with E-state index < -0.39 is 0 Å². The van der Waals surface area contributed by atoms with Gasteiger partial charge in [-0.1, -0.05) is 11.6 Å². The summed E-state index contributed by atoms with van der Waals surface area (Å²) in [5.41, 5.74) is 3.34. The Kier molecular flexibility index (Phi) is 4.42. The summed E-state index contributed by atoms with van der Waals surface area (Å²) < 4.78 is 2.28. The highest BCUT2D eigenvalue weighted by Gasteiger charge is 2.30. The van der Waals surface area contributed by atoms with Crippen molar-refractivity contribution in [1.82, 2.24) is 14.5 Å². The molecule has 126 valence electrons. The van der Waals surface area contributed by atoms with Crippen molar-refractivity contribution in [3.8, 4) is 0 Å². The molecule has 1 aliphatic rings. The molecule has 6 heteroatoms. The summed E-state index contributed by atoms with van der Waals surface area (Å²) >= 11 is 11.7. The van der Waals surface area contributed by atoms with Gasteiger partial charge in [-0.15, -0.1) is 0 Å². The maximum Gasteiger partial charge on any atom is 0.174 e. The molecule has 4 nitrogen and oxygen atoms in total. The Balaban J connectivity index is 1.65. The van der Waals surface area contributed by atoms with Crippen LogP contribution in [0, 0.1) is 0 Å². The maximum atomic E-state index is 5.96. The molecule has 1 N–H and O–H groups in total. The van der Waals surface area contributed by atoms with Gasteiger partial charge >= 0.3 is 0 Å². The zero-order valence-electron chi connectivity index (χ0n) is 13.5. The molecule has 0 fully saturated rings. The van der Waals surface area contributed by atoms with Gasteiger partial charge in [0.2, 0.25) is 0 Å². The molecule has 25 heavy (non-hydrogen) atoms. The minimum Gasteiger partial charge on any atom is -0.348 e. The molecule has 0 amide bonds. The lowest BCUT2D eigenvalue weighted by molar-refractivity contribution is 0.293. The first kappa shape index (κ1) is 16.1. The second kappa shape index (κ2) is 6.86. The van der Waals surface area contributed by atoms with Gasteiger partial charge in [0.1, 0.15) is 0 Å². The van der Waals surface area contributed by atoms with Crippen LogP contribution in [0.15, 0.2) is 67.1 Å². The van der Waals surface area contributed by atoms with Gasteiger partial charge in [-0.05, 0) is 66.3 Å². The zero-order valence-corrected chi connectivity index (χ0v) is 15.0. The Bertz CT molecular complexity index is 876. The molecule has 0 spiro atoms. The first-order valence-corrected chi connectivity index (χ1v) is 8.89. The van der Waals surface area contributed by atoms with Crippen LogP contribution < -0.4 is 5.32 Å². The number of thiocarbonyl (C=S) groups is 1. The van der Waals surface area contributed by atoms with E-state index in [4.69, 9.17) is 23.8 Å². The van der Waals surface area contributed by atoms with E-state index in [0.717, 1.165) is 18.8 Å². The summed E-state index contributed by atoms with van der Waals surface area (Å²) in [7, 11) is 0. The quantitative estimate of drug-likeness (QED) is 0.682. The zero-order chi connectivity index (χ0) is 17.2. The predicted molar refractivity (Wildman–Crippen MR) is 105 cm³/mol. The second-order valence-electron chi connectivity index (χ2n) is 5.94. The van der Waals surface area contributed by atoms with Crippen molar-refractivity contribution < 1.29 is 0 Å². The highest BCUT2D eigenvalue weighted by Crippen LogP contribution is 2.32. The van der Waals surface area contributed by atoms with Crippen LogP contribution in [0.2, 0.25) is 5.02 Å². The minimum atomic E-state index is 0.0686. The number of aromatic nitrogens is 2. The van der Waals surface area contributed by atoms with Crippen molar-refractivity contribution in [3.05, 3.63) is 83.4 Å². The van der Waals surface area contributed by atoms with Crippen LogP contribution >= 0.6 is 23.8 Å². The first-order chi connectivity index (χ1) is 12.2. The fourth-order valence-electron chi connectivity index (χ4n) is 3.23. The lowest BCUT2D eigenvalue weighted by Gasteiger charge is -2.39. The molecule has 1 unspecified atom stereocenters. The largest absolute Gasteiger partial charge is 0.348 e. The Morgan fingerprint density at radius 3 is 2.60 bits per heavy atom. The lowest BCUT2D eigenvalue weighted by Crippen LogP contribution is -2.44. The molecular formula is C19H17ClN4S. The summed E-state index contributed by atoms with van der Waals surface area (Å²) in [6, 6.07) is 16.0. The summed E-state index contributed by atoms with van der Waals surface area (Å²) in [5.74, 6) is 0. The molecule has 0 saturated heterocycles. The normalized spacial score (nSPS) is 16.4. The van der Waals surface area contributed by atoms with Crippen molar-refractivity contribution in [2.75, 3.05) is 11.9 Å². The Morgan fingerprint density at radius 2 is 1.84 bits per heavy atom. The monoisotopic (exact) mass is 368 g/mol. The fourth-order valence-corrected chi connectivity index (χ4v) is 3.67. The number of anilines is 1. The first-order valence-electron chi connectivity index (χ1n) is 8.10. The lowest BCUT2D eigenvalue weighted by atomic mass is 10.0. The van der Waals surface area contributed by atoms with Crippen LogP contribution in [-0.4, -0.2) is 26.1 Å². The van der Waals surface area contributed by atoms with E-state index in [9.17, 15) is 0 Å². The average molecular weight is 369 g/mol. The van der Waals surface area contributed by atoms with Gasteiger partial charge in [-0.25, -0.2) is 0 Å². The number of hydrogen-bond donors (Lipinski definition) is 1. The molecule has 4 rings (SSSR count). The van der Waals surface area contributed by atoms with Gasteiger partial charge in [-0.3, -0.25) is 4.98 Å². The van der Waals surface area contributed by atoms with Crippen molar-refractivity contribution in [1.29, 1.82) is 0 Å². The number of halogens is 1. The van der Waals surface area contributed by atoms with E-state index >= 15 is 0 Å². The number of rotatable bonds is 2. The van der Waals surface area contributed by atoms with Crippen molar-refractivity contribution in [2.45, 2.75) is 12.6 Å². The number of benzene rings is 1. The molecule has 0 radical (unpaired) electrons. The van der Waals surface area contributed by atoms with E-state index in [0.29, 0.717) is 10.1 Å². The van der Waals surface area contributed by atoms with Crippen LogP contribution in [0.3, 0.4) is 0 Å². The molecule has 3 aromatic rings. The molecular weight excluding hydrogens is 352 g/mol. The van der Waals surface area contributed by atoms with E-state index in [1.165, 1.54) is 11.3 Å². The second-order valence-corrected chi connectivity index (χ2v) is 6.76. The molecule has 3 heterocycles. The van der Waals surface area contributed by atoms with Gasteiger partial charge < -0.3 is 14.8 Å². The Labute approximate surface area is 157 Å². The number of nitrogens with one attached hydrogen (secondary N) is 1. The number of pyridine rings is 1. The Hall–Kier alpha value is -2.37. The van der Waals surface area contributed by atoms with Crippen molar-refractivity contribution in [3.63, 3.8) is 0 Å². The molecule has 1 aliphatic heterocycles. The van der Waals surface area contributed by atoms with Crippen LogP contribution in [0.1, 0.15) is 17.3 Å². The molecule has 2 aromatic heterocycles. The van der Waals surface area contributed by atoms with E-state index in [1.807, 2.05) is 48.8 Å². The summed E-state index contributed by atoms with van der Waals surface area (Å²) in [6.07, 6.45) is 5.77. The van der Waals surface area contributed by atoms with Gasteiger partial charge in [-0.2, -0.15) is 0 Å². The van der Waals surface area contributed by atoms with Crippen LogP contribution in [0.4, 0.5) is 5.69 Å². The van der Waals surface area contributed by atoms with Crippen LogP contribution in [-0.2, 0) is 6.54 Å². The van der Waals surface area contributed by atoms with Gasteiger partial charge in [0.05, 0.1) is 6.04 Å². The highest BCUT2D eigenvalue weighted by atomic mass is 35.5. The highest BCUT2D eigenvalue weighted by molar-refractivity contribution is 7.80. The minimum absolute atomic E-state index is 0.0686. The number of fused-ring (bicyclic) bond motifs is 1. The average Bonchev–Trinajstić information content (AvgIpc) is 3.12. The SMILES string of the molecule is S=C(Nc1ccc(Cl)cc1)N1CCn2cccc2C1c1ccncc1. The van der Waals surface area contributed by atoms with Crippen molar-refractivity contribution >= 4 is 34.6 Å². The van der Waals surface area contributed by atoms with Crippen LogP contribution in [0.25, 0.3) is 0 Å². The molecule has 1 aromatic carbocycles. The van der Waals surface area contributed by atoms with Crippen molar-refractivity contribution in [2.24, 2.45) is 0 Å². The summed E-state index contributed by atoms with van der Waals surface area (Å²) in [4.78, 5) is 6.37. The third kappa shape index (κ3) is 3.25.